The van der Waals surface area contributed by atoms with Crippen LogP contribution in [0.3, 0.4) is 0 Å². The summed E-state index contributed by atoms with van der Waals surface area (Å²) in [6.45, 7) is 8.86. The fourth-order valence-electron chi connectivity index (χ4n) is 1.95. The molecule has 0 spiro atoms. The van der Waals surface area contributed by atoms with Crippen LogP contribution in [0.25, 0.3) is 0 Å². The van der Waals surface area contributed by atoms with Gasteiger partial charge >= 0.3 is 0 Å². The molecule has 1 aliphatic heterocycles. The van der Waals surface area contributed by atoms with Gasteiger partial charge in [-0.15, -0.1) is 0 Å². The second-order valence-electron chi connectivity index (χ2n) is 4.76. The predicted octanol–water partition coefficient (Wildman–Crippen LogP) is 0.700. The van der Waals surface area contributed by atoms with Gasteiger partial charge in [-0.25, -0.2) is 0 Å². The van der Waals surface area contributed by atoms with E-state index in [1.54, 1.807) is 0 Å². The van der Waals surface area contributed by atoms with E-state index in [-0.39, 0.29) is 5.54 Å². The quantitative estimate of drug-likeness (QED) is 0.692. The Morgan fingerprint density at radius 2 is 2.14 bits per heavy atom. The molecule has 1 aromatic rings. The highest BCUT2D eigenvalue weighted by Gasteiger charge is 2.26. The third kappa shape index (κ3) is 1.35. The van der Waals surface area contributed by atoms with Gasteiger partial charge in [-0.05, 0) is 20.8 Å². The van der Waals surface area contributed by atoms with Crippen LogP contribution in [-0.4, -0.2) is 9.78 Å². The number of hydrogen-bond acceptors (Lipinski definition) is 3. The summed E-state index contributed by atoms with van der Waals surface area (Å²) >= 11 is 0. The van der Waals surface area contributed by atoms with E-state index in [9.17, 15) is 0 Å². The topological polar surface area (TPSA) is 55.9 Å². The average Bonchev–Trinajstić information content (AvgIpc) is 2.59. The molecule has 0 aromatic carbocycles. The molecular formula is C10H18N4. The molecular weight excluding hydrogens is 176 g/mol. The SMILES string of the molecule is CC(C)(C)n1nc(CN)c2c1CNC2. The van der Waals surface area contributed by atoms with Crippen LogP contribution < -0.4 is 11.1 Å². The van der Waals surface area contributed by atoms with Gasteiger partial charge < -0.3 is 11.1 Å². The average molecular weight is 194 g/mol. The normalized spacial score (nSPS) is 16.0. The van der Waals surface area contributed by atoms with E-state index in [4.69, 9.17) is 5.73 Å². The first kappa shape index (κ1) is 9.68. The van der Waals surface area contributed by atoms with Crippen molar-refractivity contribution in [2.24, 2.45) is 5.73 Å². The molecule has 3 N–H and O–H groups in total. The van der Waals surface area contributed by atoms with E-state index in [2.05, 4.69) is 35.9 Å². The van der Waals surface area contributed by atoms with Crippen molar-refractivity contribution in [2.75, 3.05) is 0 Å². The zero-order valence-corrected chi connectivity index (χ0v) is 9.09. The minimum absolute atomic E-state index is 0.0452. The van der Waals surface area contributed by atoms with Crippen LogP contribution in [0.5, 0.6) is 0 Å². The number of nitrogens with two attached hydrogens (primary N) is 1. The summed E-state index contributed by atoms with van der Waals surface area (Å²) in [5.74, 6) is 0. The Morgan fingerprint density at radius 3 is 2.71 bits per heavy atom. The predicted molar refractivity (Wildman–Crippen MR) is 55.7 cm³/mol. The van der Waals surface area contributed by atoms with E-state index in [1.165, 1.54) is 11.3 Å². The van der Waals surface area contributed by atoms with Crippen molar-refractivity contribution in [3.05, 3.63) is 17.0 Å². The first-order valence-electron chi connectivity index (χ1n) is 5.05. The molecule has 0 amide bonds. The number of fused-ring (bicyclic) bond motifs is 1. The Labute approximate surface area is 84.5 Å². The van der Waals surface area contributed by atoms with Crippen LogP contribution in [0, 0.1) is 0 Å². The third-order valence-electron chi connectivity index (χ3n) is 2.60. The Morgan fingerprint density at radius 1 is 1.43 bits per heavy atom. The third-order valence-corrected chi connectivity index (χ3v) is 2.60. The van der Waals surface area contributed by atoms with Gasteiger partial charge in [-0.2, -0.15) is 5.10 Å². The number of nitrogens with one attached hydrogen (secondary N) is 1. The number of hydrogen-bond donors (Lipinski definition) is 2. The first-order valence-corrected chi connectivity index (χ1v) is 5.05. The van der Waals surface area contributed by atoms with Crippen LogP contribution >= 0.6 is 0 Å². The van der Waals surface area contributed by atoms with E-state index in [0.29, 0.717) is 6.54 Å². The van der Waals surface area contributed by atoms with Crippen LogP contribution in [0.1, 0.15) is 37.7 Å². The second kappa shape index (κ2) is 3.07. The summed E-state index contributed by atoms with van der Waals surface area (Å²) < 4.78 is 2.10. The molecule has 1 aliphatic rings. The van der Waals surface area contributed by atoms with Crippen molar-refractivity contribution in [3.63, 3.8) is 0 Å². The molecule has 4 heteroatoms. The largest absolute Gasteiger partial charge is 0.325 e. The highest BCUT2D eigenvalue weighted by molar-refractivity contribution is 5.30. The summed E-state index contributed by atoms with van der Waals surface area (Å²) in [5.41, 5.74) is 9.37. The fourth-order valence-corrected chi connectivity index (χ4v) is 1.95. The minimum Gasteiger partial charge on any atom is -0.325 e. The van der Waals surface area contributed by atoms with Crippen LogP contribution in [0.2, 0.25) is 0 Å². The molecule has 0 saturated carbocycles. The van der Waals surface area contributed by atoms with Gasteiger partial charge in [0.2, 0.25) is 0 Å². The van der Waals surface area contributed by atoms with Gasteiger partial charge in [0.25, 0.3) is 0 Å². The number of nitrogens with zero attached hydrogens (tertiary/aromatic N) is 2. The molecule has 0 fully saturated rings. The molecule has 4 nitrogen and oxygen atoms in total. The molecule has 0 aliphatic carbocycles. The van der Waals surface area contributed by atoms with E-state index >= 15 is 0 Å². The highest BCUT2D eigenvalue weighted by atomic mass is 15.3. The van der Waals surface area contributed by atoms with Crippen LogP contribution in [-0.2, 0) is 25.2 Å². The van der Waals surface area contributed by atoms with Gasteiger partial charge in [0.15, 0.2) is 0 Å². The monoisotopic (exact) mass is 194 g/mol. The van der Waals surface area contributed by atoms with Gasteiger partial charge in [0.05, 0.1) is 16.9 Å². The van der Waals surface area contributed by atoms with Crippen LogP contribution in [0.4, 0.5) is 0 Å². The Kier molecular flexibility index (Phi) is 2.12. The van der Waals surface area contributed by atoms with Crippen molar-refractivity contribution in [2.45, 2.75) is 45.9 Å². The van der Waals surface area contributed by atoms with Gasteiger partial charge in [0.1, 0.15) is 0 Å². The van der Waals surface area contributed by atoms with Crippen LogP contribution in [0.15, 0.2) is 0 Å². The van der Waals surface area contributed by atoms with Crippen molar-refractivity contribution in [3.8, 4) is 0 Å². The molecule has 0 atom stereocenters. The Bertz CT molecular complexity index is 346. The molecule has 0 bridgehead atoms. The molecule has 2 rings (SSSR count). The minimum atomic E-state index is 0.0452. The lowest BCUT2D eigenvalue weighted by molar-refractivity contribution is 0.340. The molecule has 1 aromatic heterocycles. The molecule has 0 unspecified atom stereocenters. The fraction of sp³-hybridized carbons (Fsp3) is 0.700. The lowest BCUT2D eigenvalue weighted by atomic mass is 10.1. The second-order valence-corrected chi connectivity index (χ2v) is 4.76. The maximum atomic E-state index is 5.68. The molecule has 0 radical (unpaired) electrons. The van der Waals surface area contributed by atoms with Gasteiger partial charge in [-0.1, -0.05) is 0 Å². The number of rotatable bonds is 1. The molecule has 2 heterocycles. The zero-order valence-electron chi connectivity index (χ0n) is 9.09. The zero-order chi connectivity index (χ0) is 10.3. The summed E-state index contributed by atoms with van der Waals surface area (Å²) in [5, 5.41) is 7.91. The first-order chi connectivity index (χ1) is 6.54. The van der Waals surface area contributed by atoms with E-state index < -0.39 is 0 Å². The lowest BCUT2D eigenvalue weighted by Crippen LogP contribution is -2.26. The van der Waals surface area contributed by atoms with Crippen molar-refractivity contribution < 1.29 is 0 Å². The Hall–Kier alpha value is -0.870. The summed E-state index contributed by atoms with van der Waals surface area (Å²) in [6.07, 6.45) is 0. The van der Waals surface area contributed by atoms with Gasteiger partial charge in [-0.3, -0.25) is 4.68 Å². The maximum Gasteiger partial charge on any atom is 0.0808 e. The smallest absolute Gasteiger partial charge is 0.0808 e. The Balaban J connectivity index is 2.52. The number of aromatic nitrogens is 2. The summed E-state index contributed by atoms with van der Waals surface area (Å²) in [4.78, 5) is 0. The summed E-state index contributed by atoms with van der Waals surface area (Å²) in [6, 6.07) is 0. The standard InChI is InChI=1S/C10H18N4/c1-10(2,3)14-9-6-12-5-7(9)8(4-11)13-14/h12H,4-6,11H2,1-3H3. The highest BCUT2D eigenvalue weighted by Crippen LogP contribution is 2.25. The van der Waals surface area contributed by atoms with E-state index in [1.807, 2.05) is 0 Å². The van der Waals surface area contributed by atoms with Crippen molar-refractivity contribution in [1.29, 1.82) is 0 Å². The molecule has 0 saturated heterocycles. The molecule has 78 valence electrons. The van der Waals surface area contributed by atoms with Gasteiger partial charge in [0, 0.05) is 25.2 Å². The summed E-state index contributed by atoms with van der Waals surface area (Å²) in [7, 11) is 0. The van der Waals surface area contributed by atoms with Crippen molar-refractivity contribution in [1.82, 2.24) is 15.1 Å². The molecule has 14 heavy (non-hydrogen) atoms. The maximum absolute atomic E-state index is 5.68. The lowest BCUT2D eigenvalue weighted by Gasteiger charge is -2.21. The van der Waals surface area contributed by atoms with E-state index in [0.717, 1.165) is 18.8 Å². The van der Waals surface area contributed by atoms with Crippen molar-refractivity contribution >= 4 is 0 Å².